The predicted octanol–water partition coefficient (Wildman–Crippen LogP) is 2.35. The molecule has 2 aliphatic rings. The Morgan fingerprint density at radius 3 is 3.04 bits per heavy atom. The molecule has 2 bridgehead atoms. The summed E-state index contributed by atoms with van der Waals surface area (Å²) in [5.74, 6) is 0.974. The van der Waals surface area contributed by atoms with Crippen molar-refractivity contribution < 1.29 is 0 Å². The lowest BCUT2D eigenvalue weighted by molar-refractivity contribution is 0.257. The summed E-state index contributed by atoms with van der Waals surface area (Å²) in [5, 5.41) is 4.43. The van der Waals surface area contributed by atoms with Crippen LogP contribution in [0, 0.1) is 5.92 Å². The highest BCUT2D eigenvalue weighted by Crippen LogP contribution is 2.35. The first-order valence-electron chi connectivity index (χ1n) is 8.80. The zero-order valence-corrected chi connectivity index (χ0v) is 13.9. The Kier molecular flexibility index (Phi) is 3.18. The summed E-state index contributed by atoms with van der Waals surface area (Å²) in [6.07, 6.45) is 2.89. The summed E-state index contributed by atoms with van der Waals surface area (Å²) in [6.45, 7) is 2.77. The maximum atomic E-state index is 12.8. The van der Waals surface area contributed by atoms with E-state index in [4.69, 9.17) is 5.73 Å². The van der Waals surface area contributed by atoms with Crippen molar-refractivity contribution in [2.45, 2.75) is 18.9 Å². The molecule has 2 aromatic heterocycles. The lowest BCUT2D eigenvalue weighted by Crippen LogP contribution is -2.44. The Labute approximate surface area is 145 Å². The molecule has 25 heavy (non-hydrogen) atoms. The number of nitrogens with zero attached hydrogens (tertiary/aromatic N) is 2. The number of piperidine rings is 1. The number of nitrogens with two attached hydrogens (primary N) is 1. The fourth-order valence-electron chi connectivity index (χ4n) is 4.39. The Morgan fingerprint density at radius 2 is 2.12 bits per heavy atom. The van der Waals surface area contributed by atoms with Gasteiger partial charge in [0, 0.05) is 53.6 Å². The van der Waals surface area contributed by atoms with Gasteiger partial charge in [-0.15, -0.1) is 0 Å². The highest BCUT2D eigenvalue weighted by Gasteiger charge is 2.31. The van der Waals surface area contributed by atoms with Crippen molar-refractivity contribution in [1.29, 1.82) is 0 Å². The van der Waals surface area contributed by atoms with Crippen LogP contribution in [0.2, 0.25) is 0 Å². The number of hydrogen-bond acceptors (Lipinski definition) is 4. The van der Waals surface area contributed by atoms with Gasteiger partial charge in [-0.3, -0.25) is 9.78 Å². The lowest BCUT2D eigenvalue weighted by atomic mass is 9.83. The van der Waals surface area contributed by atoms with Crippen LogP contribution in [0.4, 0.5) is 5.69 Å². The van der Waals surface area contributed by atoms with E-state index < -0.39 is 0 Å². The van der Waals surface area contributed by atoms with Gasteiger partial charge in [-0.2, -0.15) is 0 Å². The summed E-state index contributed by atoms with van der Waals surface area (Å²) in [6, 6.07) is 11.7. The van der Waals surface area contributed by atoms with E-state index in [-0.39, 0.29) is 5.56 Å². The van der Waals surface area contributed by atoms with Crippen molar-refractivity contribution in [1.82, 2.24) is 14.9 Å². The number of para-hydroxylation sites is 1. The van der Waals surface area contributed by atoms with E-state index in [2.05, 4.69) is 16.4 Å². The quantitative estimate of drug-likeness (QED) is 0.717. The highest BCUT2D eigenvalue weighted by molar-refractivity contribution is 5.99. The molecule has 0 spiro atoms. The molecule has 3 aromatic rings. The first-order valence-corrected chi connectivity index (χ1v) is 8.80. The summed E-state index contributed by atoms with van der Waals surface area (Å²) in [4.78, 5) is 17.3. The van der Waals surface area contributed by atoms with Crippen LogP contribution in [0.5, 0.6) is 0 Å². The van der Waals surface area contributed by atoms with E-state index in [0.717, 1.165) is 53.8 Å². The first kappa shape index (κ1) is 14.7. The summed E-state index contributed by atoms with van der Waals surface area (Å²) >= 11 is 0. The first-order chi connectivity index (χ1) is 12.2. The number of fused-ring (bicyclic) bond motifs is 5. The number of rotatable bonds is 1. The van der Waals surface area contributed by atoms with Crippen LogP contribution < -0.4 is 16.6 Å². The highest BCUT2D eigenvalue weighted by atomic mass is 16.1. The van der Waals surface area contributed by atoms with Crippen molar-refractivity contribution in [2.75, 3.05) is 18.8 Å². The standard InChI is InChI=1S/C20H20N4O/c21-17-4-5-23-20-15(2-1-3-16(17)20)13-7-18-14-6-12(9-22-10-14)11-24(18)19(25)8-13/h1-5,7-8,12,14,22H,6,9-11H2,(H2,21,23)/t12-,14+/m0/s1. The van der Waals surface area contributed by atoms with Crippen molar-refractivity contribution in [3.8, 4) is 11.1 Å². The molecule has 0 saturated carbocycles. The molecule has 0 aliphatic carbocycles. The predicted molar refractivity (Wildman–Crippen MR) is 99.6 cm³/mol. The molecular weight excluding hydrogens is 312 g/mol. The lowest BCUT2D eigenvalue weighted by Gasteiger charge is -2.37. The molecule has 1 fully saturated rings. The van der Waals surface area contributed by atoms with Crippen LogP contribution in [0.25, 0.3) is 22.0 Å². The molecule has 2 atom stereocenters. The van der Waals surface area contributed by atoms with Gasteiger partial charge in [0.05, 0.1) is 5.52 Å². The molecule has 126 valence electrons. The third kappa shape index (κ3) is 2.27. The van der Waals surface area contributed by atoms with Gasteiger partial charge in [0.15, 0.2) is 0 Å². The van der Waals surface area contributed by atoms with Gasteiger partial charge in [0.1, 0.15) is 0 Å². The number of anilines is 1. The second-order valence-corrected chi connectivity index (χ2v) is 7.18. The minimum absolute atomic E-state index is 0.0880. The van der Waals surface area contributed by atoms with Gasteiger partial charge in [-0.1, -0.05) is 18.2 Å². The van der Waals surface area contributed by atoms with E-state index in [0.29, 0.717) is 17.5 Å². The maximum absolute atomic E-state index is 12.8. The van der Waals surface area contributed by atoms with Gasteiger partial charge < -0.3 is 15.6 Å². The zero-order chi connectivity index (χ0) is 17.0. The van der Waals surface area contributed by atoms with Crippen LogP contribution in [-0.4, -0.2) is 22.6 Å². The van der Waals surface area contributed by atoms with Crippen LogP contribution >= 0.6 is 0 Å². The van der Waals surface area contributed by atoms with E-state index in [9.17, 15) is 4.79 Å². The summed E-state index contributed by atoms with van der Waals surface area (Å²) in [5.41, 5.74) is 10.8. The molecule has 5 rings (SSSR count). The van der Waals surface area contributed by atoms with Gasteiger partial charge in [0.2, 0.25) is 0 Å². The fourth-order valence-corrected chi connectivity index (χ4v) is 4.39. The Morgan fingerprint density at radius 1 is 1.20 bits per heavy atom. The van der Waals surface area contributed by atoms with Gasteiger partial charge in [-0.05, 0) is 36.6 Å². The summed E-state index contributed by atoms with van der Waals surface area (Å²) < 4.78 is 1.97. The average molecular weight is 332 g/mol. The van der Waals surface area contributed by atoms with E-state index >= 15 is 0 Å². The largest absolute Gasteiger partial charge is 0.398 e. The molecule has 0 radical (unpaired) electrons. The van der Waals surface area contributed by atoms with Crippen LogP contribution in [-0.2, 0) is 6.54 Å². The minimum atomic E-state index is 0.0880. The third-order valence-corrected chi connectivity index (χ3v) is 5.58. The Balaban J connectivity index is 1.73. The summed E-state index contributed by atoms with van der Waals surface area (Å²) in [7, 11) is 0. The second-order valence-electron chi connectivity index (χ2n) is 7.18. The van der Waals surface area contributed by atoms with E-state index in [1.165, 1.54) is 0 Å². The smallest absolute Gasteiger partial charge is 0.251 e. The van der Waals surface area contributed by atoms with Gasteiger partial charge in [-0.25, -0.2) is 0 Å². The zero-order valence-electron chi connectivity index (χ0n) is 13.9. The van der Waals surface area contributed by atoms with Gasteiger partial charge in [0.25, 0.3) is 5.56 Å². The van der Waals surface area contributed by atoms with Crippen molar-refractivity contribution in [3.63, 3.8) is 0 Å². The molecule has 0 amide bonds. The van der Waals surface area contributed by atoms with Crippen molar-refractivity contribution in [3.05, 3.63) is 58.6 Å². The molecule has 1 saturated heterocycles. The molecule has 2 aliphatic heterocycles. The normalized spacial score (nSPS) is 21.9. The maximum Gasteiger partial charge on any atom is 0.251 e. The second kappa shape index (κ2) is 5.43. The van der Waals surface area contributed by atoms with Crippen LogP contribution in [0.1, 0.15) is 18.0 Å². The fraction of sp³-hybridized carbons (Fsp3) is 0.300. The number of nitrogen functional groups attached to an aromatic ring is 1. The van der Waals surface area contributed by atoms with Gasteiger partial charge >= 0.3 is 0 Å². The van der Waals surface area contributed by atoms with Crippen LogP contribution in [0.3, 0.4) is 0 Å². The van der Waals surface area contributed by atoms with Crippen LogP contribution in [0.15, 0.2) is 47.4 Å². The molecule has 4 heterocycles. The number of hydrogen-bond donors (Lipinski definition) is 2. The van der Waals surface area contributed by atoms with Crippen molar-refractivity contribution >= 4 is 16.6 Å². The molecule has 5 heteroatoms. The number of aromatic nitrogens is 2. The minimum Gasteiger partial charge on any atom is -0.398 e. The van der Waals surface area contributed by atoms with Crippen molar-refractivity contribution in [2.24, 2.45) is 5.92 Å². The topological polar surface area (TPSA) is 72.9 Å². The molecular formula is C20H20N4O. The number of pyridine rings is 2. The monoisotopic (exact) mass is 332 g/mol. The average Bonchev–Trinajstić information content (AvgIpc) is 2.63. The number of nitrogens with one attached hydrogen (secondary N) is 1. The molecule has 3 N–H and O–H groups in total. The SMILES string of the molecule is Nc1ccnc2c(-c3cc4n(c(=O)c3)C[C@@H]3CNC[C@H]4C3)cccc12. The third-order valence-electron chi connectivity index (χ3n) is 5.58. The molecule has 5 nitrogen and oxygen atoms in total. The number of benzene rings is 1. The molecule has 0 unspecified atom stereocenters. The molecule has 1 aromatic carbocycles. The Bertz CT molecular complexity index is 1040. The van der Waals surface area contributed by atoms with E-state index in [1.807, 2.05) is 28.8 Å². The van der Waals surface area contributed by atoms with E-state index in [1.54, 1.807) is 12.3 Å². The Hall–Kier alpha value is -2.66.